The first-order valence-electron chi connectivity index (χ1n) is 31.2. The van der Waals surface area contributed by atoms with Crippen LogP contribution in [0.5, 0.6) is 0 Å². The number of hydrogen-bond donors (Lipinski definition) is 1. The summed E-state index contributed by atoms with van der Waals surface area (Å²) in [5.41, 5.74) is 20.9. The fourth-order valence-electron chi connectivity index (χ4n) is 11.6. The second-order valence-electron chi connectivity index (χ2n) is 21.5. The van der Waals surface area contributed by atoms with Crippen molar-refractivity contribution in [1.29, 1.82) is 7.83 Å². The Balaban J connectivity index is 0.000000175. The lowest BCUT2D eigenvalue weighted by atomic mass is 10.0. The highest BCUT2D eigenvalue weighted by Gasteiger charge is 2.19. The quantitative estimate of drug-likeness (QED) is 0.0870. The first-order valence-corrected chi connectivity index (χ1v) is 30.1. The van der Waals surface area contributed by atoms with Crippen LogP contribution in [0, 0.1) is 19.0 Å². The van der Waals surface area contributed by atoms with Gasteiger partial charge in [0.25, 0.3) is 0 Å². The topological polar surface area (TPSA) is 36.8 Å². The molecule has 89 heavy (non-hydrogen) atoms. The van der Waals surface area contributed by atoms with Gasteiger partial charge in [-0.25, -0.2) is 0 Å². The standard InChI is InChI=1S/C44H32N2.C38H32N2.BH2.H2NP/c1-3-17-37(18-4-1)45(43-23-11-15-35-13-7-9-21-41(35)43)39-29-25-33(26-30-39)34-27-31-40(32-28-34)46(38-19-5-2-6-20-38)44-24-12-16-36-14-8-10-22-42(36)44;1-29-11-9-17-37(27-29)39(33-13-5-3-6-14-33)35-23-19-31(20-24-35)32-21-25-36(26-22-32)40(34-15-7-4-8-16-34)38-18-10-12-30(2)28-38;;1-2/h1-32H;3-28H,1-2H3;1H2;1-2H/i;;1TD;/hD. The van der Waals surface area contributed by atoms with Crippen LogP contribution >= 0.6 is 9.03 Å². The Labute approximate surface area is 532 Å². The third kappa shape index (κ3) is 13.5. The largest absolute Gasteiger partial charge is 0.310 e. The van der Waals surface area contributed by atoms with Crippen molar-refractivity contribution in [1.82, 2.24) is 0 Å². The van der Waals surface area contributed by atoms with E-state index in [2.05, 4.69) is 399 Å². The number of nitrogens with zero attached hydrogens (tertiary/aromatic N) is 4. The zero-order valence-electron chi connectivity index (χ0n) is 52.8. The number of aryl methyl sites for hydroxylation is 2. The number of para-hydroxylation sites is 4. The number of rotatable bonds is 14. The summed E-state index contributed by atoms with van der Waals surface area (Å²) >= 11 is 0. The van der Waals surface area contributed by atoms with Gasteiger partial charge in [0.15, 0.2) is 1.41 Å². The van der Waals surface area contributed by atoms with Gasteiger partial charge in [0.1, 0.15) is 0 Å². The van der Waals surface area contributed by atoms with Crippen LogP contribution in [-0.2, 0) is 0 Å². The van der Waals surface area contributed by atoms with Crippen LogP contribution in [0.2, 0.25) is 1.41 Å². The maximum Gasteiger partial charge on any atom is 0.192 e. The number of benzene rings is 14. The van der Waals surface area contributed by atoms with Crippen molar-refractivity contribution in [3.63, 3.8) is 0 Å². The number of anilines is 12. The average Bonchev–Trinajstić information content (AvgIpc) is 0.935. The molecule has 0 unspecified atom stereocenters. The molecular weight excluding hydrogens is 1100 g/mol. The van der Waals surface area contributed by atoms with Crippen molar-refractivity contribution < 1.29 is 1.41 Å². The minimum absolute atomic E-state index is 0.500. The second-order valence-corrected chi connectivity index (χ2v) is 21.5. The van der Waals surface area contributed by atoms with Crippen LogP contribution in [0.25, 0.3) is 43.8 Å². The molecule has 1 N–H and O–H groups in total. The Hall–Kier alpha value is -11.0. The fourth-order valence-corrected chi connectivity index (χ4v) is 11.6. The molecule has 0 amide bonds. The molecule has 0 bridgehead atoms. The first kappa shape index (κ1) is 55.8. The lowest BCUT2D eigenvalue weighted by molar-refractivity contribution is 1.27. The van der Waals surface area contributed by atoms with E-state index in [1.165, 1.54) is 54.9 Å². The highest BCUT2D eigenvalue weighted by molar-refractivity contribution is 7.02. The van der Waals surface area contributed by atoms with Gasteiger partial charge >= 0.3 is 0 Å². The Morgan fingerprint density at radius 3 is 0.820 bits per heavy atom. The molecule has 14 rings (SSSR count). The average molecular weight is 1170 g/mol. The van der Waals surface area contributed by atoms with E-state index in [1.54, 1.807) is 0 Å². The molecule has 0 aliphatic heterocycles. The third-order valence-electron chi connectivity index (χ3n) is 15.8. The molecule has 0 saturated carbocycles. The number of hydrogen-bond acceptors (Lipinski definition) is 5. The van der Waals surface area contributed by atoms with Crippen LogP contribution < -0.4 is 19.6 Å². The van der Waals surface area contributed by atoms with Gasteiger partial charge in [-0.15, -0.1) is 0 Å². The van der Waals surface area contributed by atoms with Crippen molar-refractivity contribution in [2.45, 2.75) is 13.8 Å². The van der Waals surface area contributed by atoms with Crippen molar-refractivity contribution in [2.75, 3.05) is 19.6 Å². The third-order valence-corrected chi connectivity index (χ3v) is 15.8. The SMILES string of the molecule is Cc1cccc(N(c2ccccc2)c2ccc(-c3ccc(N(c4ccccc4)c4cccc(C)c4)cc3)cc2)c1.[2H]N=P.[2H][B][3H].c1ccc(N(c2ccc(-c3ccc(N(c4ccccc4)c4cccc5ccccc45)cc3)cc2)c2cccc3ccccc23)cc1. The molecule has 0 aliphatic rings. The van der Waals surface area contributed by atoms with Gasteiger partial charge in [-0.05, 0) is 203 Å². The summed E-state index contributed by atoms with van der Waals surface area (Å²) in [7, 11) is 2.98. The molecule has 7 heteroatoms. The second kappa shape index (κ2) is 28.4. The van der Waals surface area contributed by atoms with Crippen LogP contribution in [0.4, 0.5) is 68.2 Å². The van der Waals surface area contributed by atoms with Gasteiger partial charge in [0, 0.05) is 67.6 Å². The van der Waals surface area contributed by atoms with Crippen molar-refractivity contribution in [2.24, 2.45) is 0 Å². The summed E-state index contributed by atoms with van der Waals surface area (Å²) in [5.74, 6) is 0. The molecular formula is C82H68BN5P. The monoisotopic (exact) mass is 1170 g/mol. The maximum atomic E-state index is 5.75. The van der Waals surface area contributed by atoms with E-state index in [4.69, 9.17) is 4.08 Å². The summed E-state index contributed by atoms with van der Waals surface area (Å²) in [6.07, 6.45) is 0. The van der Waals surface area contributed by atoms with E-state index in [1.807, 2.05) is 0 Å². The number of fused-ring (bicyclic) bond motifs is 2. The predicted octanol–water partition coefficient (Wildman–Crippen LogP) is 23.5. The van der Waals surface area contributed by atoms with Gasteiger partial charge < -0.3 is 19.6 Å². The summed E-state index contributed by atoms with van der Waals surface area (Å²) in [5, 5.41) is 7.46. The molecule has 0 heterocycles. The Kier molecular flexibility index (Phi) is 17.8. The molecule has 14 aromatic rings. The zero-order chi connectivity index (χ0) is 63.4. The molecule has 0 fully saturated rings. The van der Waals surface area contributed by atoms with E-state index >= 15 is 0 Å². The van der Waals surface area contributed by atoms with Gasteiger partial charge in [-0.1, -0.05) is 218 Å². The molecule has 429 valence electrons. The molecule has 0 aromatic heterocycles. The Morgan fingerprint density at radius 2 is 0.517 bits per heavy atom. The minimum Gasteiger partial charge on any atom is -0.310 e. The number of nitrogens with one attached hydrogen (secondary N) is 1. The summed E-state index contributed by atoms with van der Waals surface area (Å²) in [4.78, 5) is 9.30. The zero-order valence-corrected chi connectivity index (χ0v) is 50.8. The van der Waals surface area contributed by atoms with Crippen molar-refractivity contribution in [3.05, 3.63) is 363 Å². The van der Waals surface area contributed by atoms with Gasteiger partial charge in [0.2, 0.25) is 0 Å². The van der Waals surface area contributed by atoms with Crippen LogP contribution in [0.1, 0.15) is 11.1 Å². The molecule has 0 saturated heterocycles. The Morgan fingerprint density at radius 1 is 0.292 bits per heavy atom. The lowest BCUT2D eigenvalue weighted by Crippen LogP contribution is -2.10. The molecule has 1 radical (unpaired) electrons. The van der Waals surface area contributed by atoms with E-state index in [-0.39, 0.29) is 0 Å². The smallest absolute Gasteiger partial charge is 0.192 e. The van der Waals surface area contributed by atoms with Crippen LogP contribution in [0.15, 0.2) is 352 Å². The predicted molar refractivity (Wildman–Crippen MR) is 387 cm³/mol. The summed E-state index contributed by atoms with van der Waals surface area (Å²) in [6, 6.07) is 125. The summed E-state index contributed by atoms with van der Waals surface area (Å²) in [6.45, 7) is 4.27. The van der Waals surface area contributed by atoms with Crippen molar-refractivity contribution in [3.8, 4) is 22.3 Å². The lowest BCUT2D eigenvalue weighted by Gasteiger charge is -2.27. The molecule has 0 aliphatic carbocycles. The van der Waals surface area contributed by atoms with E-state index in [9.17, 15) is 0 Å². The van der Waals surface area contributed by atoms with Crippen molar-refractivity contribution >= 4 is 107 Å². The maximum absolute atomic E-state index is 5.75. The van der Waals surface area contributed by atoms with E-state index in [0.29, 0.717) is 8.34 Å². The molecule has 14 aromatic carbocycles. The minimum atomic E-state index is 0.500. The highest BCUT2D eigenvalue weighted by Crippen LogP contribution is 2.43. The van der Waals surface area contributed by atoms with Gasteiger partial charge in [0.05, 0.1) is 19.7 Å². The van der Waals surface area contributed by atoms with Gasteiger partial charge in [-0.2, -0.15) is 0 Å². The molecule has 0 spiro atoms. The van der Waals surface area contributed by atoms with Gasteiger partial charge in [-0.3, -0.25) is 5.15 Å². The van der Waals surface area contributed by atoms with Crippen LogP contribution in [0.3, 0.4) is 0 Å². The first-order chi connectivity index (χ1) is 45.3. The highest BCUT2D eigenvalue weighted by atomic mass is 31.0. The Bertz CT molecular complexity index is 4320. The molecule has 5 nitrogen and oxygen atoms in total. The fraction of sp³-hybridized carbons (Fsp3) is 0.0244. The normalized spacial score (nSPS) is 10.9. The van der Waals surface area contributed by atoms with Crippen LogP contribution in [-0.4, -0.2) is 11.0 Å². The van der Waals surface area contributed by atoms with E-state index < -0.39 is 0 Å². The summed E-state index contributed by atoms with van der Waals surface area (Å²) < 4.78 is 17.2. The van der Waals surface area contributed by atoms with E-state index in [0.717, 1.165) is 68.2 Å². The molecule has 0 atom stereocenters.